The molecule has 18 heavy (non-hydrogen) atoms. The van der Waals surface area contributed by atoms with Gasteiger partial charge >= 0.3 is 6.03 Å². The lowest BCUT2D eigenvalue weighted by molar-refractivity contribution is 0.262. The van der Waals surface area contributed by atoms with E-state index < -0.39 is 0 Å². The van der Waals surface area contributed by atoms with Crippen molar-refractivity contribution in [2.75, 3.05) is 10.6 Å². The molecule has 4 nitrogen and oxygen atoms in total. The van der Waals surface area contributed by atoms with Crippen molar-refractivity contribution in [2.24, 2.45) is 0 Å². The molecule has 0 unspecified atom stereocenters. The molecular formula is C12H9Cl2N3O. The van der Waals surface area contributed by atoms with Gasteiger partial charge in [0.25, 0.3) is 0 Å². The average Bonchev–Trinajstić information content (AvgIpc) is 2.35. The number of amides is 2. The van der Waals surface area contributed by atoms with Gasteiger partial charge in [0.15, 0.2) is 0 Å². The van der Waals surface area contributed by atoms with Gasteiger partial charge in [0.1, 0.15) is 5.82 Å². The van der Waals surface area contributed by atoms with Crippen LogP contribution in [-0.4, -0.2) is 11.0 Å². The van der Waals surface area contributed by atoms with Crippen LogP contribution in [0.25, 0.3) is 0 Å². The number of halogens is 2. The van der Waals surface area contributed by atoms with Gasteiger partial charge < -0.3 is 5.32 Å². The van der Waals surface area contributed by atoms with Gasteiger partial charge in [0.05, 0.1) is 5.02 Å². The summed E-state index contributed by atoms with van der Waals surface area (Å²) in [5.41, 5.74) is 0.644. The normalized spacial score (nSPS) is 9.89. The fraction of sp³-hybridized carbons (Fsp3) is 0. The number of anilines is 2. The van der Waals surface area contributed by atoms with Crippen molar-refractivity contribution >= 4 is 40.7 Å². The minimum Gasteiger partial charge on any atom is -0.308 e. The number of urea groups is 1. The summed E-state index contributed by atoms with van der Waals surface area (Å²) in [6, 6.07) is 9.67. The van der Waals surface area contributed by atoms with E-state index in [1.54, 1.807) is 36.4 Å². The summed E-state index contributed by atoms with van der Waals surface area (Å²) in [5, 5.41) is 6.35. The predicted molar refractivity (Wildman–Crippen MR) is 73.3 cm³/mol. The summed E-state index contributed by atoms with van der Waals surface area (Å²) >= 11 is 11.4. The van der Waals surface area contributed by atoms with E-state index in [-0.39, 0.29) is 6.03 Å². The number of aromatic nitrogens is 1. The molecule has 0 spiro atoms. The third-order valence-electron chi connectivity index (χ3n) is 2.07. The summed E-state index contributed by atoms with van der Waals surface area (Å²) in [6.07, 6.45) is 1.46. The van der Waals surface area contributed by atoms with Crippen LogP contribution in [0.2, 0.25) is 10.0 Å². The van der Waals surface area contributed by atoms with Crippen molar-refractivity contribution in [3.8, 4) is 0 Å². The molecule has 1 aromatic heterocycles. The molecule has 2 rings (SSSR count). The number of benzene rings is 1. The molecule has 2 amide bonds. The van der Waals surface area contributed by atoms with E-state index >= 15 is 0 Å². The van der Waals surface area contributed by atoms with Crippen LogP contribution in [0.5, 0.6) is 0 Å². The lowest BCUT2D eigenvalue weighted by Crippen LogP contribution is -2.19. The number of carbonyl (C=O) groups excluding carboxylic acids is 1. The second-order valence-corrected chi connectivity index (χ2v) is 4.32. The van der Waals surface area contributed by atoms with Crippen LogP contribution in [-0.2, 0) is 0 Å². The molecule has 1 aromatic carbocycles. The van der Waals surface area contributed by atoms with E-state index in [9.17, 15) is 4.79 Å². The molecule has 0 atom stereocenters. The van der Waals surface area contributed by atoms with Crippen molar-refractivity contribution < 1.29 is 4.79 Å². The molecular weight excluding hydrogens is 273 g/mol. The van der Waals surface area contributed by atoms with Gasteiger partial charge in [0, 0.05) is 16.9 Å². The quantitative estimate of drug-likeness (QED) is 0.873. The first kappa shape index (κ1) is 12.7. The van der Waals surface area contributed by atoms with Crippen molar-refractivity contribution in [3.63, 3.8) is 0 Å². The zero-order chi connectivity index (χ0) is 13.0. The Kier molecular flexibility index (Phi) is 4.02. The summed E-state index contributed by atoms with van der Waals surface area (Å²) in [6.45, 7) is 0. The Bertz CT molecular complexity index is 491. The van der Waals surface area contributed by atoms with Crippen molar-refractivity contribution in [1.29, 1.82) is 0 Å². The van der Waals surface area contributed by atoms with Gasteiger partial charge in [0.2, 0.25) is 0 Å². The SMILES string of the molecule is O=C(Nc1ccc(Cl)cc1)Nc1ccc(Cl)cn1. The Balaban J connectivity index is 1.96. The number of nitrogens with one attached hydrogen (secondary N) is 2. The van der Waals surface area contributed by atoms with E-state index in [1.807, 2.05) is 0 Å². The monoisotopic (exact) mass is 281 g/mol. The van der Waals surface area contributed by atoms with E-state index in [1.165, 1.54) is 6.20 Å². The highest BCUT2D eigenvalue weighted by Gasteiger charge is 2.03. The minimum absolute atomic E-state index is 0.382. The Morgan fingerprint density at radius 2 is 1.61 bits per heavy atom. The van der Waals surface area contributed by atoms with Gasteiger partial charge in [-0.05, 0) is 36.4 Å². The van der Waals surface area contributed by atoms with Gasteiger partial charge in [-0.1, -0.05) is 23.2 Å². The zero-order valence-electron chi connectivity index (χ0n) is 9.15. The molecule has 0 saturated carbocycles. The maximum absolute atomic E-state index is 11.6. The number of carbonyl (C=O) groups is 1. The van der Waals surface area contributed by atoms with Crippen LogP contribution in [0.3, 0.4) is 0 Å². The highest BCUT2D eigenvalue weighted by atomic mass is 35.5. The van der Waals surface area contributed by atoms with Gasteiger partial charge in [-0.2, -0.15) is 0 Å². The molecule has 92 valence electrons. The second kappa shape index (κ2) is 5.71. The van der Waals surface area contributed by atoms with Crippen LogP contribution in [0.15, 0.2) is 42.6 Å². The highest BCUT2D eigenvalue weighted by Crippen LogP contribution is 2.14. The topological polar surface area (TPSA) is 54.0 Å². The van der Waals surface area contributed by atoms with Gasteiger partial charge in [-0.3, -0.25) is 5.32 Å². The molecule has 0 saturated heterocycles. The highest BCUT2D eigenvalue weighted by molar-refractivity contribution is 6.30. The van der Waals surface area contributed by atoms with Crippen molar-refractivity contribution in [3.05, 3.63) is 52.6 Å². The summed E-state index contributed by atoms with van der Waals surface area (Å²) in [5.74, 6) is 0.422. The van der Waals surface area contributed by atoms with E-state index in [0.717, 1.165) is 0 Å². The zero-order valence-corrected chi connectivity index (χ0v) is 10.7. The van der Waals surface area contributed by atoms with Crippen LogP contribution in [0, 0.1) is 0 Å². The van der Waals surface area contributed by atoms with Crippen LogP contribution in [0.4, 0.5) is 16.3 Å². The summed E-state index contributed by atoms with van der Waals surface area (Å²) in [7, 11) is 0. The fourth-order valence-corrected chi connectivity index (χ4v) is 1.50. The first-order valence-electron chi connectivity index (χ1n) is 5.08. The molecule has 0 bridgehead atoms. The largest absolute Gasteiger partial charge is 0.324 e. The number of hydrogen-bond donors (Lipinski definition) is 2. The Labute approximate surface area is 114 Å². The Hall–Kier alpha value is -1.78. The molecule has 0 radical (unpaired) electrons. The van der Waals surface area contributed by atoms with E-state index in [4.69, 9.17) is 23.2 Å². The average molecular weight is 282 g/mol. The smallest absolute Gasteiger partial charge is 0.308 e. The molecule has 0 fully saturated rings. The first-order valence-corrected chi connectivity index (χ1v) is 5.84. The van der Waals surface area contributed by atoms with E-state index in [2.05, 4.69) is 15.6 Å². The Morgan fingerprint density at radius 1 is 0.944 bits per heavy atom. The molecule has 2 N–H and O–H groups in total. The van der Waals surface area contributed by atoms with Crippen LogP contribution < -0.4 is 10.6 Å². The van der Waals surface area contributed by atoms with Gasteiger partial charge in [-0.25, -0.2) is 9.78 Å². The molecule has 2 aromatic rings. The van der Waals surface area contributed by atoms with Crippen molar-refractivity contribution in [1.82, 2.24) is 4.98 Å². The molecule has 0 aliphatic rings. The molecule has 0 aliphatic carbocycles. The number of pyridine rings is 1. The first-order chi connectivity index (χ1) is 8.63. The third kappa shape index (κ3) is 3.61. The summed E-state index contributed by atoms with van der Waals surface area (Å²) in [4.78, 5) is 15.6. The Morgan fingerprint density at radius 3 is 2.22 bits per heavy atom. The molecule has 6 heteroatoms. The van der Waals surface area contributed by atoms with Gasteiger partial charge in [-0.15, -0.1) is 0 Å². The number of nitrogens with zero attached hydrogens (tertiary/aromatic N) is 1. The standard InChI is InChI=1S/C12H9Cl2N3O/c13-8-1-4-10(5-2-8)16-12(18)17-11-6-3-9(14)7-15-11/h1-7H,(H2,15,16,17,18). The van der Waals surface area contributed by atoms with Crippen LogP contribution >= 0.6 is 23.2 Å². The molecule has 1 heterocycles. The minimum atomic E-state index is -0.382. The second-order valence-electron chi connectivity index (χ2n) is 3.45. The van der Waals surface area contributed by atoms with Crippen LogP contribution in [0.1, 0.15) is 0 Å². The maximum Gasteiger partial charge on any atom is 0.324 e. The summed E-state index contributed by atoms with van der Waals surface area (Å²) < 4.78 is 0. The fourth-order valence-electron chi connectivity index (χ4n) is 1.26. The molecule has 0 aliphatic heterocycles. The number of hydrogen-bond acceptors (Lipinski definition) is 2. The van der Waals surface area contributed by atoms with E-state index in [0.29, 0.717) is 21.6 Å². The maximum atomic E-state index is 11.6. The number of rotatable bonds is 2. The lowest BCUT2D eigenvalue weighted by atomic mass is 10.3. The van der Waals surface area contributed by atoms with Crippen molar-refractivity contribution in [2.45, 2.75) is 0 Å². The predicted octanol–water partition coefficient (Wildman–Crippen LogP) is 4.03. The lowest BCUT2D eigenvalue weighted by Gasteiger charge is -2.06. The third-order valence-corrected chi connectivity index (χ3v) is 2.55.